The first-order chi connectivity index (χ1) is 17.7. The molecule has 0 aliphatic carbocycles. The molecule has 0 fully saturated rings. The zero-order valence-electron chi connectivity index (χ0n) is 19.8. The Morgan fingerprint density at radius 2 is 1.84 bits per heavy atom. The highest BCUT2D eigenvalue weighted by atomic mass is 35.5. The molecule has 2 atom stereocenters. The first-order valence-electron chi connectivity index (χ1n) is 11.1. The molecule has 3 aromatic rings. The van der Waals surface area contributed by atoms with Crippen molar-refractivity contribution in [3.63, 3.8) is 0 Å². The van der Waals surface area contributed by atoms with Gasteiger partial charge >= 0.3 is 12.3 Å². The van der Waals surface area contributed by atoms with Gasteiger partial charge in [-0.1, -0.05) is 36.7 Å². The molecular formula is C26H20ClF4NO6. The van der Waals surface area contributed by atoms with Gasteiger partial charge in [0.25, 0.3) is 5.91 Å². The molecule has 1 heterocycles. The van der Waals surface area contributed by atoms with E-state index in [4.69, 9.17) is 21.4 Å². The first kappa shape index (κ1) is 27.2. The highest BCUT2D eigenvalue weighted by Gasteiger charge is 2.59. The van der Waals surface area contributed by atoms with Gasteiger partial charge in [-0.05, 0) is 47.0 Å². The van der Waals surface area contributed by atoms with E-state index >= 15 is 0 Å². The first-order valence-corrected chi connectivity index (χ1v) is 11.4. The fourth-order valence-corrected chi connectivity index (χ4v) is 4.68. The van der Waals surface area contributed by atoms with Crippen LogP contribution in [0.1, 0.15) is 24.0 Å². The molecule has 38 heavy (non-hydrogen) atoms. The number of hydrogen-bond acceptors (Lipinski definition) is 5. The largest absolute Gasteiger partial charge is 0.511 e. The van der Waals surface area contributed by atoms with Gasteiger partial charge < -0.3 is 24.6 Å². The molecule has 0 saturated heterocycles. The van der Waals surface area contributed by atoms with Crippen LogP contribution in [0, 0.1) is 5.82 Å². The zero-order chi connectivity index (χ0) is 28.0. The molecule has 0 radical (unpaired) electrons. The van der Waals surface area contributed by atoms with Gasteiger partial charge in [-0.15, -0.1) is 0 Å². The van der Waals surface area contributed by atoms with Crippen LogP contribution < -0.4 is 14.4 Å². The predicted molar refractivity (Wildman–Crippen MR) is 129 cm³/mol. The van der Waals surface area contributed by atoms with Crippen LogP contribution in [0.3, 0.4) is 0 Å². The van der Waals surface area contributed by atoms with Crippen LogP contribution in [-0.4, -0.2) is 42.1 Å². The van der Waals surface area contributed by atoms with Gasteiger partial charge in [0.15, 0.2) is 12.2 Å². The third kappa shape index (κ3) is 4.74. The number of carbonyl (C=O) groups is 2. The third-order valence-corrected chi connectivity index (χ3v) is 6.80. The number of likely N-dealkylation sites (N-methyl/N-ethyl adjacent to an activating group) is 1. The van der Waals surface area contributed by atoms with Crippen LogP contribution in [0.4, 0.5) is 28.0 Å². The predicted octanol–water partition coefficient (Wildman–Crippen LogP) is 6.11. The van der Waals surface area contributed by atoms with Gasteiger partial charge in [0.1, 0.15) is 17.3 Å². The number of fused-ring (bicyclic) bond motifs is 1. The monoisotopic (exact) mass is 553 g/mol. The Hall–Kier alpha value is -3.83. The second kappa shape index (κ2) is 9.80. The maximum Gasteiger partial charge on any atom is 0.511 e. The van der Waals surface area contributed by atoms with Crippen molar-refractivity contribution in [1.82, 2.24) is 0 Å². The minimum atomic E-state index is -5.16. The van der Waals surface area contributed by atoms with Crippen molar-refractivity contribution in [2.75, 3.05) is 18.6 Å². The zero-order valence-corrected chi connectivity index (χ0v) is 20.6. The fraction of sp³-hybridized carbons (Fsp3) is 0.231. The van der Waals surface area contributed by atoms with E-state index in [9.17, 15) is 32.3 Å². The molecule has 200 valence electrons. The molecule has 3 aromatic carbocycles. The standard InChI is InChI=1S/C26H20ClF4NO6/c1-13(17-6-3-14(9-19(17)27)18-7-5-16(11-20(18)28)38-24(34)35)25(36,26(29,30)31)15-4-8-22-21(10-15)32(2)23(33)12-37-22/h3-11,13,36H,12H2,1-2H3,(H,34,35). The number of ether oxygens (including phenoxy) is 2. The Bertz CT molecular complexity index is 1430. The molecule has 0 spiro atoms. The van der Waals surface area contributed by atoms with E-state index < -0.39 is 41.1 Å². The number of carboxylic acid groups (broad SMARTS) is 1. The molecule has 7 nitrogen and oxygen atoms in total. The summed E-state index contributed by atoms with van der Waals surface area (Å²) in [6.07, 6.45) is -6.78. The molecule has 0 bridgehead atoms. The summed E-state index contributed by atoms with van der Waals surface area (Å²) in [6, 6.07) is 10.5. The summed E-state index contributed by atoms with van der Waals surface area (Å²) in [5.74, 6) is -3.01. The lowest BCUT2D eigenvalue weighted by atomic mass is 9.77. The number of alkyl halides is 3. The number of aliphatic hydroxyl groups is 1. The molecule has 1 aliphatic heterocycles. The summed E-state index contributed by atoms with van der Waals surface area (Å²) in [5, 5.41) is 19.7. The molecule has 2 N–H and O–H groups in total. The number of halogens is 5. The number of rotatable bonds is 5. The van der Waals surface area contributed by atoms with E-state index in [2.05, 4.69) is 4.74 Å². The fourth-order valence-electron chi connectivity index (χ4n) is 4.33. The Balaban J connectivity index is 1.74. The van der Waals surface area contributed by atoms with Gasteiger partial charge in [-0.3, -0.25) is 4.79 Å². The van der Waals surface area contributed by atoms with Gasteiger partial charge in [-0.2, -0.15) is 13.2 Å². The van der Waals surface area contributed by atoms with E-state index in [-0.39, 0.29) is 45.5 Å². The van der Waals surface area contributed by atoms with Crippen molar-refractivity contribution in [3.05, 3.63) is 76.6 Å². The van der Waals surface area contributed by atoms with Crippen molar-refractivity contribution in [3.8, 4) is 22.6 Å². The number of carbonyl (C=O) groups excluding carboxylic acids is 1. The smallest absolute Gasteiger partial charge is 0.482 e. The lowest BCUT2D eigenvalue weighted by molar-refractivity contribution is -0.274. The number of anilines is 1. The van der Waals surface area contributed by atoms with Crippen LogP contribution >= 0.6 is 11.6 Å². The lowest BCUT2D eigenvalue weighted by Gasteiger charge is -2.38. The SMILES string of the molecule is CC(c1ccc(-c2ccc(OC(=O)O)cc2F)cc1Cl)C(O)(c1ccc2c(c1)N(C)C(=O)CO2)C(F)(F)F. The Morgan fingerprint density at radius 3 is 2.45 bits per heavy atom. The van der Waals surface area contributed by atoms with E-state index in [0.29, 0.717) is 0 Å². The number of amides is 1. The van der Waals surface area contributed by atoms with Gasteiger partial charge in [0.2, 0.25) is 0 Å². The molecule has 4 rings (SSSR count). The molecule has 2 unspecified atom stereocenters. The van der Waals surface area contributed by atoms with Crippen LogP contribution in [0.25, 0.3) is 11.1 Å². The second-order valence-corrected chi connectivity index (χ2v) is 9.06. The third-order valence-electron chi connectivity index (χ3n) is 6.47. The number of nitrogens with zero attached hydrogens (tertiary/aromatic N) is 1. The highest BCUT2D eigenvalue weighted by molar-refractivity contribution is 6.31. The molecule has 12 heteroatoms. The molecule has 1 amide bonds. The molecule has 0 saturated carbocycles. The maximum absolute atomic E-state index is 14.6. The van der Waals surface area contributed by atoms with Crippen LogP contribution in [0.15, 0.2) is 54.6 Å². The van der Waals surface area contributed by atoms with Crippen LogP contribution in [0.2, 0.25) is 5.02 Å². The summed E-state index contributed by atoms with van der Waals surface area (Å²) in [6.45, 7) is 0.887. The van der Waals surface area contributed by atoms with Crippen molar-refractivity contribution < 1.29 is 46.8 Å². The highest BCUT2D eigenvalue weighted by Crippen LogP contribution is 2.51. The van der Waals surface area contributed by atoms with Crippen molar-refractivity contribution >= 4 is 29.4 Å². The summed E-state index contributed by atoms with van der Waals surface area (Å²) in [5.41, 5.74) is -3.75. The van der Waals surface area contributed by atoms with Gasteiger partial charge in [-0.25, -0.2) is 9.18 Å². The maximum atomic E-state index is 14.6. The Kier molecular flexibility index (Phi) is 7.02. The van der Waals surface area contributed by atoms with Crippen molar-refractivity contribution in [2.24, 2.45) is 0 Å². The average Bonchev–Trinajstić information content (AvgIpc) is 2.84. The van der Waals surface area contributed by atoms with E-state index in [1.54, 1.807) is 0 Å². The van der Waals surface area contributed by atoms with Crippen molar-refractivity contribution in [2.45, 2.75) is 24.6 Å². The Labute approximate surface area is 218 Å². The normalized spacial score (nSPS) is 15.8. The van der Waals surface area contributed by atoms with Crippen LogP contribution in [0.5, 0.6) is 11.5 Å². The average molecular weight is 554 g/mol. The topological polar surface area (TPSA) is 96.3 Å². The quantitative estimate of drug-likeness (QED) is 0.225. The van der Waals surface area contributed by atoms with E-state index in [1.807, 2.05) is 0 Å². The van der Waals surface area contributed by atoms with Crippen molar-refractivity contribution in [1.29, 1.82) is 0 Å². The van der Waals surface area contributed by atoms with E-state index in [0.717, 1.165) is 30.0 Å². The minimum absolute atomic E-state index is 0.00248. The second-order valence-electron chi connectivity index (χ2n) is 8.66. The number of benzene rings is 3. The van der Waals surface area contributed by atoms with Gasteiger partial charge in [0, 0.05) is 29.6 Å². The summed E-state index contributed by atoms with van der Waals surface area (Å²) in [7, 11) is 1.39. The van der Waals surface area contributed by atoms with E-state index in [1.165, 1.54) is 43.4 Å². The molecule has 1 aliphatic rings. The summed E-state index contributed by atoms with van der Waals surface area (Å²) in [4.78, 5) is 23.8. The summed E-state index contributed by atoms with van der Waals surface area (Å²) >= 11 is 6.35. The van der Waals surface area contributed by atoms with Gasteiger partial charge in [0.05, 0.1) is 5.69 Å². The molecule has 0 aromatic heterocycles. The minimum Gasteiger partial charge on any atom is -0.482 e. The molecular weight excluding hydrogens is 534 g/mol. The van der Waals surface area contributed by atoms with Crippen LogP contribution in [-0.2, 0) is 10.4 Å². The lowest BCUT2D eigenvalue weighted by Crippen LogP contribution is -2.47. The Morgan fingerprint density at radius 1 is 1.13 bits per heavy atom. The summed E-state index contributed by atoms with van der Waals surface area (Å²) < 4.78 is 67.7. The number of hydrogen-bond donors (Lipinski definition) is 2.